The van der Waals surface area contributed by atoms with E-state index in [1.165, 1.54) is 0 Å². The number of rotatable bonds is 16. The number of thioether (sulfide) groups is 1. The highest BCUT2D eigenvalue weighted by Crippen LogP contribution is 2.71. The van der Waals surface area contributed by atoms with Crippen molar-refractivity contribution in [3.63, 3.8) is 0 Å². The van der Waals surface area contributed by atoms with Crippen molar-refractivity contribution in [3.05, 3.63) is 25.3 Å². The number of likely N-dealkylation sites (tertiary alicyclic amines) is 1. The molecule has 0 aromatic rings. The van der Waals surface area contributed by atoms with Crippen LogP contribution in [-0.4, -0.2) is 80.6 Å². The lowest BCUT2D eigenvalue weighted by Crippen LogP contribution is -2.57. The van der Waals surface area contributed by atoms with Crippen LogP contribution in [0.1, 0.15) is 78.6 Å². The average Bonchev–Trinajstić information content (AvgIpc) is 3.45. The molecule has 3 saturated heterocycles. The summed E-state index contributed by atoms with van der Waals surface area (Å²) in [6.07, 6.45) is 11.0. The van der Waals surface area contributed by atoms with Crippen LogP contribution < -0.4 is 0 Å². The van der Waals surface area contributed by atoms with E-state index >= 15 is 0 Å². The van der Waals surface area contributed by atoms with Gasteiger partial charge in [0, 0.05) is 17.8 Å². The number of unbranched alkanes of at least 4 members (excludes halogenated alkanes) is 4. The molecule has 0 aromatic carbocycles. The fraction of sp³-hybridized carbons (Fsp3) is 0.759. The Labute approximate surface area is 227 Å². The Hall–Kier alpha value is -1.80. The van der Waals surface area contributed by atoms with E-state index in [9.17, 15) is 19.5 Å². The van der Waals surface area contributed by atoms with Gasteiger partial charge < -0.3 is 19.6 Å². The molecule has 3 fully saturated rings. The summed E-state index contributed by atoms with van der Waals surface area (Å²) in [6, 6.07) is -1.17. The zero-order valence-electron chi connectivity index (χ0n) is 23.0. The van der Waals surface area contributed by atoms with Crippen molar-refractivity contribution in [1.82, 2.24) is 9.80 Å². The molecule has 8 heteroatoms. The van der Waals surface area contributed by atoms with Crippen molar-refractivity contribution in [3.8, 4) is 0 Å². The standard InChI is InChI=1S/C29H46N2O5S/c1-6-10-12-14-19-36-27(35)23-22-25(33)31(21(9-4)20-32)24(29(22)16-15-28(23,5)37-29)26(34)30(17-8-3)18-13-11-7-2/h6,8,21-24,32H,1,3,7,9-20H2,2,4-5H3/t21-,22-,23-,24?,28+,29?/m0/s1. The molecule has 3 heterocycles. The first-order chi connectivity index (χ1) is 17.8. The molecule has 6 atom stereocenters. The van der Waals surface area contributed by atoms with Crippen LogP contribution in [0.3, 0.4) is 0 Å². The molecular formula is C29H46N2O5S. The van der Waals surface area contributed by atoms with E-state index in [4.69, 9.17) is 4.74 Å². The summed E-state index contributed by atoms with van der Waals surface area (Å²) in [5, 5.41) is 10.2. The molecule has 37 heavy (non-hydrogen) atoms. The van der Waals surface area contributed by atoms with Gasteiger partial charge in [-0.15, -0.1) is 24.9 Å². The molecule has 1 N–H and O–H groups in total. The van der Waals surface area contributed by atoms with E-state index in [-0.39, 0.29) is 24.4 Å². The Bertz CT molecular complexity index is 861. The molecule has 0 saturated carbocycles. The van der Waals surface area contributed by atoms with Crippen molar-refractivity contribution in [2.75, 3.05) is 26.3 Å². The topological polar surface area (TPSA) is 87.1 Å². The summed E-state index contributed by atoms with van der Waals surface area (Å²) >= 11 is 1.65. The van der Waals surface area contributed by atoms with Crippen LogP contribution in [0, 0.1) is 11.8 Å². The molecule has 7 nitrogen and oxygen atoms in total. The molecule has 208 valence electrons. The van der Waals surface area contributed by atoms with Gasteiger partial charge in [-0.1, -0.05) is 38.8 Å². The largest absolute Gasteiger partial charge is 0.465 e. The minimum absolute atomic E-state index is 0.0889. The zero-order chi connectivity index (χ0) is 27.2. The highest BCUT2D eigenvalue weighted by molar-refractivity contribution is 8.02. The normalized spacial score (nSPS) is 30.8. The van der Waals surface area contributed by atoms with Crippen molar-refractivity contribution >= 4 is 29.5 Å². The molecule has 2 unspecified atom stereocenters. The SMILES string of the molecule is C=CCCCCOC(=O)[C@@H]1[C@H]2C(=O)N([C@@H](CC)CO)C(C(=O)N(CC=C)CCCCC)C23CC[C@@]1(C)S3. The highest BCUT2D eigenvalue weighted by atomic mass is 32.2. The Morgan fingerprint density at radius 2 is 1.97 bits per heavy atom. The van der Waals surface area contributed by atoms with Gasteiger partial charge in [0.25, 0.3) is 0 Å². The van der Waals surface area contributed by atoms with Gasteiger partial charge in [0.1, 0.15) is 6.04 Å². The maximum Gasteiger partial charge on any atom is 0.311 e. The second-order valence-corrected chi connectivity index (χ2v) is 12.8. The summed E-state index contributed by atoms with van der Waals surface area (Å²) < 4.78 is 4.58. The van der Waals surface area contributed by atoms with E-state index < -0.39 is 33.4 Å². The molecule has 0 aliphatic carbocycles. The maximum atomic E-state index is 14.3. The van der Waals surface area contributed by atoms with Crippen LogP contribution >= 0.6 is 11.8 Å². The van der Waals surface area contributed by atoms with Gasteiger partial charge >= 0.3 is 5.97 Å². The van der Waals surface area contributed by atoms with Crippen LogP contribution in [-0.2, 0) is 19.1 Å². The Kier molecular flexibility index (Phi) is 10.3. The third-order valence-electron chi connectivity index (χ3n) is 8.52. The number of carbonyl (C=O) groups excluding carboxylic acids is 3. The number of aliphatic hydroxyl groups is 1. The number of fused-ring (bicyclic) bond motifs is 1. The summed E-state index contributed by atoms with van der Waals surface area (Å²) in [6.45, 7) is 14.8. The number of carbonyl (C=O) groups is 3. The molecular weight excluding hydrogens is 488 g/mol. The number of hydrogen-bond donors (Lipinski definition) is 1. The van der Waals surface area contributed by atoms with Gasteiger partial charge in [-0.3, -0.25) is 14.4 Å². The highest BCUT2D eigenvalue weighted by Gasteiger charge is 2.78. The summed E-state index contributed by atoms with van der Waals surface area (Å²) in [5.74, 6) is -1.82. The second kappa shape index (κ2) is 12.8. The molecule has 1 spiro atoms. The predicted octanol–water partition coefficient (Wildman–Crippen LogP) is 4.34. The van der Waals surface area contributed by atoms with Crippen LogP contribution in [0.25, 0.3) is 0 Å². The van der Waals surface area contributed by atoms with Crippen LogP contribution in [0.2, 0.25) is 0 Å². The minimum Gasteiger partial charge on any atom is -0.465 e. The molecule has 0 radical (unpaired) electrons. The van der Waals surface area contributed by atoms with E-state index in [0.29, 0.717) is 32.5 Å². The summed E-state index contributed by atoms with van der Waals surface area (Å²) in [4.78, 5) is 45.4. The quantitative estimate of drug-likeness (QED) is 0.180. The number of aliphatic hydroxyl groups excluding tert-OH is 1. The van der Waals surface area contributed by atoms with Gasteiger partial charge in [-0.25, -0.2) is 0 Å². The first-order valence-corrected chi connectivity index (χ1v) is 14.9. The second-order valence-electron chi connectivity index (χ2n) is 10.9. The number of hydrogen-bond acceptors (Lipinski definition) is 6. The van der Waals surface area contributed by atoms with Crippen molar-refractivity contribution in [2.45, 2.75) is 100 Å². The van der Waals surface area contributed by atoms with Gasteiger partial charge in [-0.05, 0) is 51.9 Å². The maximum absolute atomic E-state index is 14.3. The third kappa shape index (κ3) is 5.51. The fourth-order valence-electron chi connectivity index (χ4n) is 6.63. The number of nitrogens with zero attached hydrogens (tertiary/aromatic N) is 2. The monoisotopic (exact) mass is 534 g/mol. The van der Waals surface area contributed by atoms with Gasteiger partial charge in [0.05, 0.1) is 35.8 Å². The van der Waals surface area contributed by atoms with E-state index in [1.807, 2.05) is 17.9 Å². The van der Waals surface area contributed by atoms with Crippen LogP contribution in [0.15, 0.2) is 25.3 Å². The number of allylic oxidation sites excluding steroid dienone is 1. The fourth-order valence-corrected chi connectivity index (χ4v) is 8.96. The van der Waals surface area contributed by atoms with Crippen LogP contribution in [0.4, 0.5) is 0 Å². The van der Waals surface area contributed by atoms with Crippen molar-refractivity contribution < 1.29 is 24.2 Å². The number of ether oxygens (including phenoxy) is 1. The molecule has 3 rings (SSSR count). The van der Waals surface area contributed by atoms with Gasteiger partial charge in [0.15, 0.2) is 0 Å². The van der Waals surface area contributed by atoms with Crippen molar-refractivity contribution in [1.29, 1.82) is 0 Å². The minimum atomic E-state index is -0.708. The lowest BCUT2D eigenvalue weighted by atomic mass is 9.66. The lowest BCUT2D eigenvalue weighted by Gasteiger charge is -2.39. The molecule has 0 aromatic heterocycles. The zero-order valence-corrected chi connectivity index (χ0v) is 23.8. The van der Waals surface area contributed by atoms with Gasteiger partial charge in [-0.2, -0.15) is 0 Å². The first kappa shape index (κ1) is 29.8. The molecule has 3 aliphatic rings. The van der Waals surface area contributed by atoms with E-state index in [1.54, 1.807) is 22.7 Å². The Balaban J connectivity index is 1.96. The Morgan fingerprint density at radius 3 is 2.59 bits per heavy atom. The average molecular weight is 535 g/mol. The van der Waals surface area contributed by atoms with Crippen LogP contribution in [0.5, 0.6) is 0 Å². The number of esters is 1. The van der Waals surface area contributed by atoms with E-state index in [2.05, 4.69) is 27.0 Å². The lowest BCUT2D eigenvalue weighted by molar-refractivity contribution is -0.156. The molecule has 2 bridgehead atoms. The predicted molar refractivity (Wildman–Crippen MR) is 148 cm³/mol. The third-order valence-corrected chi connectivity index (χ3v) is 10.5. The smallest absolute Gasteiger partial charge is 0.311 e. The van der Waals surface area contributed by atoms with E-state index in [0.717, 1.165) is 44.9 Å². The summed E-state index contributed by atoms with van der Waals surface area (Å²) in [5.41, 5.74) is 0. The first-order valence-electron chi connectivity index (χ1n) is 14.1. The van der Waals surface area contributed by atoms with Gasteiger partial charge in [0.2, 0.25) is 11.8 Å². The number of amides is 2. The molecule has 3 aliphatic heterocycles. The Morgan fingerprint density at radius 1 is 1.22 bits per heavy atom. The van der Waals surface area contributed by atoms with Crippen molar-refractivity contribution in [2.24, 2.45) is 11.8 Å². The summed E-state index contributed by atoms with van der Waals surface area (Å²) in [7, 11) is 0. The molecule has 2 amide bonds.